The van der Waals surface area contributed by atoms with Crippen molar-refractivity contribution in [3.05, 3.63) is 53.6 Å². The molecule has 1 amide bonds. The van der Waals surface area contributed by atoms with Crippen molar-refractivity contribution in [2.24, 2.45) is 0 Å². The molecule has 1 N–H and O–H groups in total. The predicted octanol–water partition coefficient (Wildman–Crippen LogP) is 3.30. The lowest BCUT2D eigenvalue weighted by Gasteiger charge is -2.24. The first-order chi connectivity index (χ1) is 14.2. The Hall–Kier alpha value is -2.74. The molecule has 0 radical (unpaired) electrons. The van der Waals surface area contributed by atoms with E-state index in [1.165, 1.54) is 0 Å². The summed E-state index contributed by atoms with van der Waals surface area (Å²) in [6.45, 7) is 3.67. The van der Waals surface area contributed by atoms with Crippen LogP contribution in [0, 0.1) is 0 Å². The molecule has 0 aliphatic heterocycles. The van der Waals surface area contributed by atoms with Gasteiger partial charge in [-0.1, -0.05) is 32.0 Å². The Morgan fingerprint density at radius 2 is 1.67 bits per heavy atom. The van der Waals surface area contributed by atoms with Crippen LogP contribution < -0.4 is 19.1 Å². The van der Waals surface area contributed by atoms with E-state index in [0.717, 1.165) is 28.1 Å². The van der Waals surface area contributed by atoms with Gasteiger partial charge >= 0.3 is 0 Å². The topological polar surface area (TPSA) is 84.9 Å². The van der Waals surface area contributed by atoms with Crippen LogP contribution in [0.1, 0.15) is 37.4 Å². The number of hydrogen-bond acceptors (Lipinski definition) is 5. The van der Waals surface area contributed by atoms with Crippen molar-refractivity contribution >= 4 is 21.6 Å². The molecule has 0 aromatic heterocycles. The molecule has 2 rings (SSSR count). The summed E-state index contributed by atoms with van der Waals surface area (Å²) in [5, 5.41) is 2.93. The van der Waals surface area contributed by atoms with Crippen LogP contribution in [0.2, 0.25) is 0 Å². The molecule has 0 bridgehead atoms. The minimum Gasteiger partial charge on any atom is -0.493 e. The smallest absolute Gasteiger partial charge is 0.241 e. The summed E-state index contributed by atoms with van der Waals surface area (Å²) in [7, 11) is -0.514. The molecular weight excluding hydrogens is 404 g/mol. The second kappa shape index (κ2) is 10.3. The highest BCUT2D eigenvalue weighted by Gasteiger charge is 2.23. The number of carbonyl (C=O) groups is 1. The first-order valence-corrected chi connectivity index (χ1v) is 11.7. The summed E-state index contributed by atoms with van der Waals surface area (Å²) in [6, 6.07) is 12.3. The second-order valence-electron chi connectivity index (χ2n) is 6.93. The molecule has 2 aromatic rings. The van der Waals surface area contributed by atoms with Crippen LogP contribution in [0.3, 0.4) is 0 Å². The van der Waals surface area contributed by atoms with Crippen molar-refractivity contribution in [2.75, 3.05) is 31.3 Å². The number of nitrogens with zero attached hydrogens (tertiary/aromatic N) is 1. The molecule has 0 unspecified atom stereocenters. The highest BCUT2D eigenvalue weighted by molar-refractivity contribution is 7.92. The molecule has 8 heteroatoms. The maximum absolute atomic E-state index is 12.7. The van der Waals surface area contributed by atoms with Gasteiger partial charge in [0.25, 0.3) is 0 Å². The lowest BCUT2D eigenvalue weighted by Crippen LogP contribution is -2.41. The second-order valence-corrected chi connectivity index (χ2v) is 8.84. The molecule has 0 saturated heterocycles. The normalized spacial score (nSPS) is 12.2. The van der Waals surface area contributed by atoms with E-state index >= 15 is 0 Å². The van der Waals surface area contributed by atoms with Crippen LogP contribution in [0.25, 0.3) is 0 Å². The van der Waals surface area contributed by atoms with Gasteiger partial charge < -0.3 is 14.8 Å². The van der Waals surface area contributed by atoms with Crippen molar-refractivity contribution in [1.29, 1.82) is 0 Å². The van der Waals surface area contributed by atoms with E-state index in [2.05, 4.69) is 5.32 Å². The van der Waals surface area contributed by atoms with E-state index in [1.54, 1.807) is 32.4 Å². The van der Waals surface area contributed by atoms with E-state index in [4.69, 9.17) is 9.47 Å². The molecule has 7 nitrogen and oxygen atoms in total. The first-order valence-electron chi connectivity index (χ1n) is 9.81. The summed E-state index contributed by atoms with van der Waals surface area (Å²) in [4.78, 5) is 12.7. The summed E-state index contributed by atoms with van der Waals surface area (Å²) >= 11 is 0. The SMILES string of the molecule is CCc1ccc(N(CC(=O)N[C@H](CC)c2ccc(OC)c(OC)c2)S(C)(=O)=O)cc1. The predicted molar refractivity (Wildman–Crippen MR) is 119 cm³/mol. The van der Waals surface area contributed by atoms with Gasteiger partial charge in [0.05, 0.1) is 32.2 Å². The molecule has 2 aromatic carbocycles. The van der Waals surface area contributed by atoms with Gasteiger partial charge in [-0.15, -0.1) is 0 Å². The zero-order chi connectivity index (χ0) is 22.3. The number of benzene rings is 2. The maximum atomic E-state index is 12.7. The number of anilines is 1. The average Bonchev–Trinajstić information content (AvgIpc) is 2.74. The van der Waals surface area contributed by atoms with Crippen molar-refractivity contribution in [2.45, 2.75) is 32.7 Å². The third kappa shape index (κ3) is 5.89. The molecule has 0 saturated carbocycles. The van der Waals surface area contributed by atoms with Gasteiger partial charge in [-0.05, 0) is 48.2 Å². The minimum atomic E-state index is -3.62. The number of amides is 1. The molecule has 1 atom stereocenters. The molecule has 164 valence electrons. The van der Waals surface area contributed by atoms with Crippen molar-refractivity contribution in [1.82, 2.24) is 5.32 Å². The molecule has 0 heterocycles. The van der Waals surface area contributed by atoms with E-state index in [1.807, 2.05) is 38.1 Å². The van der Waals surface area contributed by atoms with E-state index < -0.39 is 10.0 Å². The van der Waals surface area contributed by atoms with Crippen LogP contribution in [-0.2, 0) is 21.2 Å². The number of sulfonamides is 1. The molecule has 30 heavy (non-hydrogen) atoms. The molecule has 0 spiro atoms. The maximum Gasteiger partial charge on any atom is 0.241 e. The third-order valence-corrected chi connectivity index (χ3v) is 6.01. The molecular formula is C22H30N2O5S. The Labute approximate surface area is 179 Å². The van der Waals surface area contributed by atoms with E-state index in [9.17, 15) is 13.2 Å². The van der Waals surface area contributed by atoms with Crippen molar-refractivity contribution < 1.29 is 22.7 Å². The summed E-state index contributed by atoms with van der Waals surface area (Å²) in [6.07, 6.45) is 2.58. The van der Waals surface area contributed by atoms with Gasteiger partial charge in [0.15, 0.2) is 11.5 Å². The van der Waals surface area contributed by atoms with Crippen LogP contribution >= 0.6 is 0 Å². The number of rotatable bonds is 10. The van der Waals surface area contributed by atoms with E-state index in [-0.39, 0.29) is 18.5 Å². The Morgan fingerprint density at radius 3 is 2.17 bits per heavy atom. The fourth-order valence-electron chi connectivity index (χ4n) is 3.16. The largest absolute Gasteiger partial charge is 0.493 e. The zero-order valence-electron chi connectivity index (χ0n) is 18.1. The highest BCUT2D eigenvalue weighted by atomic mass is 32.2. The first kappa shape index (κ1) is 23.5. The van der Waals surface area contributed by atoms with Gasteiger partial charge in [-0.3, -0.25) is 9.10 Å². The van der Waals surface area contributed by atoms with Crippen LogP contribution in [0.15, 0.2) is 42.5 Å². The summed E-state index contributed by atoms with van der Waals surface area (Å²) < 4.78 is 36.3. The fraction of sp³-hybridized carbons (Fsp3) is 0.409. The number of methoxy groups -OCH3 is 2. The highest BCUT2D eigenvalue weighted by Crippen LogP contribution is 2.31. The lowest BCUT2D eigenvalue weighted by atomic mass is 10.0. The number of nitrogens with one attached hydrogen (secondary N) is 1. The number of aryl methyl sites for hydroxylation is 1. The van der Waals surface area contributed by atoms with E-state index in [0.29, 0.717) is 23.6 Å². The summed E-state index contributed by atoms with van der Waals surface area (Å²) in [5.41, 5.74) is 2.40. The average molecular weight is 435 g/mol. The lowest BCUT2D eigenvalue weighted by molar-refractivity contribution is -0.120. The van der Waals surface area contributed by atoms with Gasteiger partial charge in [-0.2, -0.15) is 0 Å². The zero-order valence-corrected chi connectivity index (χ0v) is 19.0. The number of carbonyl (C=O) groups excluding carboxylic acids is 1. The number of ether oxygens (including phenoxy) is 2. The van der Waals surface area contributed by atoms with Crippen molar-refractivity contribution in [3.63, 3.8) is 0 Å². The third-order valence-electron chi connectivity index (χ3n) is 4.87. The van der Waals surface area contributed by atoms with Gasteiger partial charge in [0.1, 0.15) is 6.54 Å². The van der Waals surface area contributed by atoms with Crippen LogP contribution in [0.4, 0.5) is 5.69 Å². The molecule has 0 aliphatic carbocycles. The molecule has 0 aliphatic rings. The standard InChI is InChI=1S/C22H30N2O5S/c1-6-16-8-11-18(12-9-16)24(30(5,26)27)15-22(25)23-19(7-2)17-10-13-20(28-3)21(14-17)29-4/h8-14,19H,6-7,15H2,1-5H3,(H,23,25)/t19-/m1/s1. The monoisotopic (exact) mass is 434 g/mol. The van der Waals surface area contributed by atoms with Gasteiger partial charge in [0.2, 0.25) is 15.9 Å². The van der Waals surface area contributed by atoms with Gasteiger partial charge in [0, 0.05) is 0 Å². The Bertz CT molecular complexity index is 958. The summed E-state index contributed by atoms with van der Waals surface area (Å²) in [5.74, 6) is 0.777. The Kier molecular flexibility index (Phi) is 8.11. The van der Waals surface area contributed by atoms with Crippen LogP contribution in [0.5, 0.6) is 11.5 Å². The fourth-order valence-corrected chi connectivity index (χ4v) is 4.02. The number of hydrogen-bond donors (Lipinski definition) is 1. The van der Waals surface area contributed by atoms with Crippen molar-refractivity contribution in [3.8, 4) is 11.5 Å². The molecule has 0 fully saturated rings. The Balaban J connectivity index is 2.20. The van der Waals surface area contributed by atoms with Crippen LogP contribution in [-0.4, -0.2) is 41.3 Å². The Morgan fingerprint density at radius 1 is 1.03 bits per heavy atom. The minimum absolute atomic E-state index is 0.291. The van der Waals surface area contributed by atoms with Gasteiger partial charge in [-0.25, -0.2) is 8.42 Å². The quantitative estimate of drug-likeness (QED) is 0.620.